The van der Waals surface area contributed by atoms with E-state index in [9.17, 15) is 4.39 Å². The third kappa shape index (κ3) is 1.67. The summed E-state index contributed by atoms with van der Waals surface area (Å²) in [5.74, 6) is 1.01. The number of imidazole rings is 1. The fraction of sp³-hybridized carbons (Fsp3) is 0. The molecule has 0 aliphatic heterocycles. The highest BCUT2D eigenvalue weighted by Crippen LogP contribution is 2.28. The van der Waals surface area contributed by atoms with Crippen molar-refractivity contribution in [2.24, 2.45) is 0 Å². The summed E-state index contributed by atoms with van der Waals surface area (Å²) in [5.41, 5.74) is 7.66. The summed E-state index contributed by atoms with van der Waals surface area (Å²) in [6.07, 6.45) is 0. The van der Waals surface area contributed by atoms with Crippen molar-refractivity contribution < 1.29 is 4.39 Å². The van der Waals surface area contributed by atoms with Crippen LogP contribution >= 0.6 is 15.9 Å². The van der Waals surface area contributed by atoms with Gasteiger partial charge in [0.05, 0.1) is 5.52 Å². The number of nitrogens with two attached hydrogens (primary N) is 1. The van der Waals surface area contributed by atoms with E-state index in [0.717, 1.165) is 11.1 Å². The summed E-state index contributed by atoms with van der Waals surface area (Å²) >= 11 is 3.40. The third-order valence-electron chi connectivity index (χ3n) is 2.75. The molecule has 90 valence electrons. The van der Waals surface area contributed by atoms with Gasteiger partial charge >= 0.3 is 0 Å². The predicted octanol–water partition coefficient (Wildman–Crippen LogP) is 3.49. The van der Waals surface area contributed by atoms with Crippen LogP contribution in [0.15, 0.2) is 47.1 Å². The molecule has 0 radical (unpaired) electrons. The molecule has 3 rings (SSSR count). The second-order valence-corrected chi connectivity index (χ2v) is 4.66. The fourth-order valence-corrected chi connectivity index (χ4v) is 2.39. The lowest BCUT2D eigenvalue weighted by molar-refractivity contribution is 0.628. The minimum atomic E-state index is -0.272. The molecule has 0 aliphatic carbocycles. The smallest absolute Gasteiger partial charge is 0.147 e. The Morgan fingerprint density at radius 1 is 1.11 bits per heavy atom. The summed E-state index contributed by atoms with van der Waals surface area (Å²) in [5, 5.41) is 0. The van der Waals surface area contributed by atoms with Gasteiger partial charge < -0.3 is 5.73 Å². The highest BCUT2D eigenvalue weighted by atomic mass is 79.9. The summed E-state index contributed by atoms with van der Waals surface area (Å²) < 4.78 is 15.5. The molecule has 1 aromatic carbocycles. The number of halogens is 2. The molecule has 2 aromatic heterocycles. The van der Waals surface area contributed by atoms with Crippen molar-refractivity contribution in [3.8, 4) is 11.4 Å². The first-order valence-electron chi connectivity index (χ1n) is 5.35. The molecule has 0 saturated heterocycles. The van der Waals surface area contributed by atoms with Crippen molar-refractivity contribution in [2.75, 3.05) is 5.73 Å². The number of fused-ring (bicyclic) bond motifs is 1. The van der Waals surface area contributed by atoms with Gasteiger partial charge in [0.2, 0.25) is 0 Å². The van der Waals surface area contributed by atoms with E-state index in [1.54, 1.807) is 18.2 Å². The standard InChI is InChI=1S/C13H9BrFN3/c14-12-10-2-1-3-11(16)18(10)13(17-12)8-4-6-9(15)7-5-8/h1-7H,16H2. The molecule has 0 saturated carbocycles. The van der Waals surface area contributed by atoms with E-state index >= 15 is 0 Å². The predicted molar refractivity (Wildman–Crippen MR) is 72.7 cm³/mol. The van der Waals surface area contributed by atoms with E-state index in [-0.39, 0.29) is 5.82 Å². The molecule has 0 spiro atoms. The van der Waals surface area contributed by atoms with Crippen LogP contribution in [0.1, 0.15) is 0 Å². The summed E-state index contributed by atoms with van der Waals surface area (Å²) in [6, 6.07) is 11.8. The maximum atomic E-state index is 12.9. The van der Waals surface area contributed by atoms with Crippen LogP contribution in [0, 0.1) is 5.82 Å². The third-order valence-corrected chi connectivity index (χ3v) is 3.33. The Hall–Kier alpha value is -1.88. The van der Waals surface area contributed by atoms with Crippen molar-refractivity contribution in [1.82, 2.24) is 9.38 Å². The molecule has 0 bridgehead atoms. The Labute approximate surface area is 111 Å². The van der Waals surface area contributed by atoms with Crippen molar-refractivity contribution in [2.45, 2.75) is 0 Å². The number of benzene rings is 1. The molecule has 3 nitrogen and oxygen atoms in total. The Bertz CT molecular complexity index is 719. The molecule has 0 aliphatic rings. The van der Waals surface area contributed by atoms with Crippen LogP contribution in [0.2, 0.25) is 0 Å². The average molecular weight is 306 g/mol. The van der Waals surface area contributed by atoms with Gasteiger partial charge in [0.15, 0.2) is 0 Å². The number of anilines is 1. The Balaban J connectivity index is 2.32. The lowest BCUT2D eigenvalue weighted by atomic mass is 10.2. The molecule has 2 heterocycles. The summed E-state index contributed by atoms with van der Waals surface area (Å²) in [4.78, 5) is 4.43. The van der Waals surface area contributed by atoms with Crippen molar-refractivity contribution in [3.05, 3.63) is 52.9 Å². The SMILES string of the molecule is Nc1cccc2c(Br)nc(-c3ccc(F)cc3)n12. The van der Waals surface area contributed by atoms with Crippen LogP contribution < -0.4 is 5.73 Å². The van der Waals surface area contributed by atoms with Crippen LogP contribution in [0.4, 0.5) is 10.2 Å². The highest BCUT2D eigenvalue weighted by molar-refractivity contribution is 9.10. The number of nitrogen functional groups attached to an aromatic ring is 1. The van der Waals surface area contributed by atoms with Gasteiger partial charge in [-0.2, -0.15) is 0 Å². The lowest BCUT2D eigenvalue weighted by Gasteiger charge is -2.04. The van der Waals surface area contributed by atoms with Gasteiger partial charge in [-0.1, -0.05) is 6.07 Å². The Kier molecular flexibility index (Phi) is 2.56. The minimum Gasteiger partial charge on any atom is -0.385 e. The molecular formula is C13H9BrFN3. The van der Waals surface area contributed by atoms with Gasteiger partial charge in [-0.15, -0.1) is 0 Å². The van der Waals surface area contributed by atoms with E-state index in [4.69, 9.17) is 5.73 Å². The zero-order valence-electron chi connectivity index (χ0n) is 9.27. The number of hydrogen-bond acceptors (Lipinski definition) is 2. The zero-order valence-corrected chi connectivity index (χ0v) is 10.9. The summed E-state index contributed by atoms with van der Waals surface area (Å²) in [6.45, 7) is 0. The first-order valence-corrected chi connectivity index (χ1v) is 6.14. The number of aromatic nitrogens is 2. The van der Waals surface area contributed by atoms with Crippen molar-refractivity contribution in [3.63, 3.8) is 0 Å². The van der Waals surface area contributed by atoms with Crippen LogP contribution in [0.25, 0.3) is 16.9 Å². The normalized spacial score (nSPS) is 11.0. The van der Waals surface area contributed by atoms with Gasteiger partial charge in [-0.05, 0) is 52.3 Å². The highest BCUT2D eigenvalue weighted by Gasteiger charge is 2.12. The Morgan fingerprint density at radius 3 is 2.56 bits per heavy atom. The number of pyridine rings is 1. The lowest BCUT2D eigenvalue weighted by Crippen LogP contribution is -1.98. The number of nitrogens with zero attached hydrogens (tertiary/aromatic N) is 2. The Morgan fingerprint density at radius 2 is 1.83 bits per heavy atom. The van der Waals surface area contributed by atoms with E-state index in [1.165, 1.54) is 12.1 Å². The van der Waals surface area contributed by atoms with Gasteiger partial charge in [-0.3, -0.25) is 4.40 Å². The fourth-order valence-electron chi connectivity index (χ4n) is 1.92. The molecule has 3 aromatic rings. The summed E-state index contributed by atoms with van der Waals surface area (Å²) in [7, 11) is 0. The average Bonchev–Trinajstić information content (AvgIpc) is 2.70. The van der Waals surface area contributed by atoms with E-state index in [2.05, 4.69) is 20.9 Å². The van der Waals surface area contributed by atoms with E-state index in [1.807, 2.05) is 16.5 Å². The minimum absolute atomic E-state index is 0.272. The largest absolute Gasteiger partial charge is 0.385 e. The zero-order chi connectivity index (χ0) is 12.7. The van der Waals surface area contributed by atoms with Crippen LogP contribution in [-0.4, -0.2) is 9.38 Å². The number of hydrogen-bond donors (Lipinski definition) is 1. The van der Waals surface area contributed by atoms with E-state index in [0.29, 0.717) is 16.2 Å². The molecule has 5 heteroatoms. The van der Waals surface area contributed by atoms with Crippen LogP contribution in [0.5, 0.6) is 0 Å². The molecule has 0 unspecified atom stereocenters. The maximum Gasteiger partial charge on any atom is 0.147 e. The maximum absolute atomic E-state index is 12.9. The van der Waals surface area contributed by atoms with Crippen LogP contribution in [-0.2, 0) is 0 Å². The van der Waals surface area contributed by atoms with Crippen molar-refractivity contribution >= 4 is 27.3 Å². The topological polar surface area (TPSA) is 43.3 Å². The second kappa shape index (κ2) is 4.10. The van der Waals surface area contributed by atoms with Gasteiger partial charge in [0.1, 0.15) is 22.1 Å². The van der Waals surface area contributed by atoms with E-state index < -0.39 is 0 Å². The van der Waals surface area contributed by atoms with Gasteiger partial charge in [0.25, 0.3) is 0 Å². The first-order chi connectivity index (χ1) is 8.66. The van der Waals surface area contributed by atoms with Gasteiger partial charge in [-0.25, -0.2) is 9.37 Å². The quantitative estimate of drug-likeness (QED) is 0.748. The molecular weight excluding hydrogens is 297 g/mol. The number of rotatable bonds is 1. The van der Waals surface area contributed by atoms with Crippen molar-refractivity contribution in [1.29, 1.82) is 0 Å². The monoisotopic (exact) mass is 305 g/mol. The second-order valence-electron chi connectivity index (χ2n) is 3.90. The molecule has 2 N–H and O–H groups in total. The molecule has 18 heavy (non-hydrogen) atoms. The van der Waals surface area contributed by atoms with Crippen LogP contribution in [0.3, 0.4) is 0 Å². The molecule has 0 fully saturated rings. The van der Waals surface area contributed by atoms with Gasteiger partial charge in [0, 0.05) is 5.56 Å². The molecule has 0 atom stereocenters. The molecule has 0 amide bonds. The first kappa shape index (κ1) is 11.2.